The Morgan fingerprint density at radius 3 is 2.02 bits per heavy atom. The molecule has 6 aromatic rings. The number of carboxylic acid groups (broad SMARTS) is 1. The van der Waals surface area contributed by atoms with Crippen LogP contribution in [0.1, 0.15) is 11.1 Å². The van der Waals surface area contributed by atoms with Crippen LogP contribution in [0, 0.1) is 0 Å². The average Bonchev–Trinajstić information content (AvgIpc) is 3.72. The maximum Gasteiger partial charge on any atom is 0.329 e. The summed E-state index contributed by atoms with van der Waals surface area (Å²) in [6.45, 7) is 6.53. The number of hydrogen-bond donors (Lipinski definition) is 2. The fourth-order valence-electron chi connectivity index (χ4n) is 7.29. The molecule has 320 valence electrons. The second-order valence-electron chi connectivity index (χ2n) is 14.6. The van der Waals surface area contributed by atoms with E-state index in [9.17, 15) is 9.59 Å². The van der Waals surface area contributed by atoms with E-state index in [1.54, 1.807) is 6.20 Å². The van der Waals surface area contributed by atoms with Crippen molar-refractivity contribution in [2.24, 2.45) is 0 Å². The molecule has 1 aliphatic rings. The van der Waals surface area contributed by atoms with Gasteiger partial charge in [0.05, 0.1) is 59.5 Å². The number of aliphatic carboxylic acids is 1. The molecule has 0 unspecified atom stereocenters. The summed E-state index contributed by atoms with van der Waals surface area (Å²) in [6, 6.07) is 25.5. The number of carbonyl (C=O) groups is 2. The van der Waals surface area contributed by atoms with Crippen molar-refractivity contribution < 1.29 is 43.1 Å². The van der Waals surface area contributed by atoms with Gasteiger partial charge >= 0.3 is 5.97 Å². The zero-order valence-corrected chi connectivity index (χ0v) is 34.3. The molecule has 0 aliphatic carbocycles. The lowest BCUT2D eigenvalue weighted by molar-refractivity contribution is -0.142. The van der Waals surface area contributed by atoms with Crippen molar-refractivity contribution in [1.29, 1.82) is 0 Å². The number of amides is 1. The Hall–Kier alpha value is -5.74. The van der Waals surface area contributed by atoms with Crippen LogP contribution < -0.4 is 4.74 Å². The van der Waals surface area contributed by atoms with Gasteiger partial charge in [0.15, 0.2) is 0 Å². The number of carboxylic acids is 1. The molecule has 0 spiro atoms. The van der Waals surface area contributed by atoms with Crippen LogP contribution in [0.5, 0.6) is 5.75 Å². The topological polar surface area (TPSA) is 158 Å². The first-order chi connectivity index (χ1) is 30.0. The molecule has 0 saturated carbocycles. The van der Waals surface area contributed by atoms with Crippen LogP contribution in [-0.4, -0.2) is 141 Å². The molecule has 0 radical (unpaired) electrons. The smallest absolute Gasteiger partial charge is 0.329 e. The Kier molecular flexibility index (Phi) is 16.2. The molecule has 61 heavy (non-hydrogen) atoms. The van der Waals surface area contributed by atoms with Gasteiger partial charge in [0.25, 0.3) is 0 Å². The summed E-state index contributed by atoms with van der Waals surface area (Å²) in [4.78, 5) is 39.6. The maximum atomic E-state index is 12.9. The van der Waals surface area contributed by atoms with E-state index in [1.807, 2.05) is 41.8 Å². The number of hydrogen-bond acceptors (Lipinski definition) is 11. The van der Waals surface area contributed by atoms with Crippen molar-refractivity contribution in [3.05, 3.63) is 115 Å². The lowest BCUT2D eigenvalue weighted by atomic mass is 9.98. The van der Waals surface area contributed by atoms with Crippen LogP contribution in [0.15, 0.2) is 104 Å². The van der Waals surface area contributed by atoms with E-state index >= 15 is 0 Å². The molecule has 4 heterocycles. The SMILES string of the molecule is O=C(O)COCCOCCOCCOCCOCC(=O)N1CCN(Cc2ccc(-c3c[nH]c4ccncc34)c(OCCc3ccc(-c4cccc5ccncc45)cc3)c2)CC1. The monoisotopic (exact) mass is 831 g/mol. The van der Waals surface area contributed by atoms with E-state index in [0.717, 1.165) is 70.3 Å². The number of carbonyl (C=O) groups excluding carboxylic acids is 1. The van der Waals surface area contributed by atoms with Crippen LogP contribution in [0.4, 0.5) is 0 Å². The van der Waals surface area contributed by atoms with Crippen LogP contribution >= 0.6 is 0 Å². The number of fused-ring (bicyclic) bond motifs is 2. The molecule has 14 nitrogen and oxygen atoms in total. The van der Waals surface area contributed by atoms with Gasteiger partial charge in [-0.1, -0.05) is 54.6 Å². The summed E-state index contributed by atoms with van der Waals surface area (Å²) in [5, 5.41) is 11.9. The van der Waals surface area contributed by atoms with Crippen molar-refractivity contribution >= 4 is 33.6 Å². The quantitative estimate of drug-likeness (QED) is 0.0700. The largest absolute Gasteiger partial charge is 0.493 e. The highest BCUT2D eigenvalue weighted by atomic mass is 16.6. The first kappa shape index (κ1) is 43.4. The second-order valence-corrected chi connectivity index (χ2v) is 14.6. The first-order valence-corrected chi connectivity index (χ1v) is 20.7. The number of rotatable bonds is 24. The number of piperazine rings is 1. The third-order valence-corrected chi connectivity index (χ3v) is 10.5. The van der Waals surface area contributed by atoms with Crippen LogP contribution in [0.2, 0.25) is 0 Å². The van der Waals surface area contributed by atoms with Gasteiger partial charge in [0.1, 0.15) is 19.0 Å². The molecule has 1 fully saturated rings. The number of ether oxygens (including phenoxy) is 6. The number of benzene rings is 3. The molecular formula is C47H53N5O9. The van der Waals surface area contributed by atoms with E-state index in [2.05, 4.69) is 80.5 Å². The van der Waals surface area contributed by atoms with Gasteiger partial charge in [-0.05, 0) is 45.8 Å². The molecule has 3 aromatic carbocycles. The minimum Gasteiger partial charge on any atom is -0.493 e. The fourth-order valence-corrected chi connectivity index (χ4v) is 7.29. The number of aromatic amines is 1. The number of nitrogens with zero attached hydrogens (tertiary/aromatic N) is 4. The van der Waals surface area contributed by atoms with E-state index in [1.165, 1.54) is 16.5 Å². The fraction of sp³-hybridized carbons (Fsp3) is 0.362. The first-order valence-electron chi connectivity index (χ1n) is 20.7. The van der Waals surface area contributed by atoms with Crippen molar-refractivity contribution in [2.45, 2.75) is 13.0 Å². The predicted octanol–water partition coefficient (Wildman–Crippen LogP) is 5.88. The molecule has 3 aromatic heterocycles. The van der Waals surface area contributed by atoms with Crippen molar-refractivity contribution in [3.8, 4) is 28.0 Å². The third kappa shape index (κ3) is 12.6. The Labute approximate surface area is 355 Å². The van der Waals surface area contributed by atoms with Crippen molar-refractivity contribution in [2.75, 3.05) is 98.9 Å². The molecule has 0 atom stereocenters. The summed E-state index contributed by atoms with van der Waals surface area (Å²) >= 11 is 0. The summed E-state index contributed by atoms with van der Waals surface area (Å²) in [6.07, 6.45) is 10.2. The summed E-state index contributed by atoms with van der Waals surface area (Å²) in [5.74, 6) is -0.202. The van der Waals surface area contributed by atoms with Crippen molar-refractivity contribution in [1.82, 2.24) is 24.8 Å². The molecule has 14 heteroatoms. The summed E-state index contributed by atoms with van der Waals surface area (Å²) < 4.78 is 33.4. The Morgan fingerprint density at radius 2 is 1.30 bits per heavy atom. The van der Waals surface area contributed by atoms with E-state index < -0.39 is 5.97 Å². The van der Waals surface area contributed by atoms with Crippen molar-refractivity contribution in [3.63, 3.8) is 0 Å². The predicted molar refractivity (Wildman–Crippen MR) is 231 cm³/mol. The molecule has 2 N–H and O–H groups in total. The molecule has 0 bridgehead atoms. The van der Waals surface area contributed by atoms with E-state index in [0.29, 0.717) is 65.9 Å². The molecule has 7 rings (SSSR count). The molecule has 1 saturated heterocycles. The van der Waals surface area contributed by atoms with Gasteiger partial charge in [-0.15, -0.1) is 0 Å². The highest BCUT2D eigenvalue weighted by molar-refractivity contribution is 5.97. The van der Waals surface area contributed by atoms with E-state index in [-0.39, 0.29) is 25.7 Å². The lowest BCUT2D eigenvalue weighted by Gasteiger charge is -2.34. The van der Waals surface area contributed by atoms with E-state index in [4.69, 9.17) is 33.5 Å². The van der Waals surface area contributed by atoms with Crippen LogP contribution in [0.25, 0.3) is 43.9 Å². The van der Waals surface area contributed by atoms with Crippen LogP contribution in [-0.2, 0) is 46.2 Å². The average molecular weight is 832 g/mol. The maximum absolute atomic E-state index is 12.9. The van der Waals surface area contributed by atoms with Gasteiger partial charge < -0.3 is 43.4 Å². The Morgan fingerprint density at radius 1 is 0.639 bits per heavy atom. The number of H-pyrrole nitrogens is 1. The standard InChI is InChI=1S/C47H53N5O9/c53-46(33-59-26-24-57-22-20-56-21-23-58-25-27-60-34-47(54)55)52-17-15-51(16-18-52)32-36-6-9-40(42-31-50-44-11-14-49-30-43(42)44)45(28-36)61-19-12-35-4-7-38(8-5-35)39-3-1-2-37-10-13-48-29-41(37)39/h1-11,13-14,28-31,50H,12,15-27,32-34H2,(H,54,55). The highest BCUT2D eigenvalue weighted by Gasteiger charge is 2.22. The number of aromatic nitrogens is 3. The minimum absolute atomic E-state index is 0.0188. The Balaban J connectivity index is 0.845. The number of pyridine rings is 2. The van der Waals surface area contributed by atoms with Gasteiger partial charge in [-0.3, -0.25) is 19.7 Å². The van der Waals surface area contributed by atoms with Gasteiger partial charge in [-0.2, -0.15) is 0 Å². The zero-order chi connectivity index (χ0) is 42.1. The van der Waals surface area contributed by atoms with Gasteiger partial charge in [0.2, 0.25) is 5.91 Å². The van der Waals surface area contributed by atoms with Crippen LogP contribution in [0.3, 0.4) is 0 Å². The highest BCUT2D eigenvalue weighted by Crippen LogP contribution is 2.36. The molecule has 1 amide bonds. The Bertz CT molecular complexity index is 2300. The second kappa shape index (κ2) is 22.7. The third-order valence-electron chi connectivity index (χ3n) is 10.5. The van der Waals surface area contributed by atoms with Gasteiger partial charge in [-0.25, -0.2) is 4.79 Å². The molecular weight excluding hydrogens is 779 g/mol. The lowest BCUT2D eigenvalue weighted by Crippen LogP contribution is -2.49. The normalized spacial score (nSPS) is 13.3. The minimum atomic E-state index is -1.01. The van der Waals surface area contributed by atoms with Gasteiger partial charge in [0, 0.05) is 97.5 Å². The zero-order valence-electron chi connectivity index (χ0n) is 34.3. The summed E-state index contributed by atoms with van der Waals surface area (Å²) in [5.41, 5.74) is 7.76. The molecule has 1 aliphatic heterocycles. The number of nitrogens with one attached hydrogen (secondary N) is 1. The summed E-state index contributed by atoms with van der Waals surface area (Å²) in [7, 11) is 0.